The second-order valence-electron chi connectivity index (χ2n) is 12.3. The van der Waals surface area contributed by atoms with Gasteiger partial charge in [0.25, 0.3) is 0 Å². The molecule has 0 amide bonds. The molecule has 1 aliphatic rings. The third kappa shape index (κ3) is 8.41. The summed E-state index contributed by atoms with van der Waals surface area (Å²) in [5.41, 5.74) is -3.66. The zero-order chi connectivity index (χ0) is 34.0. The lowest BCUT2D eigenvalue weighted by molar-refractivity contribution is -0.310. The van der Waals surface area contributed by atoms with Crippen LogP contribution in [0.15, 0.2) is 44.2 Å². The van der Waals surface area contributed by atoms with E-state index in [4.69, 9.17) is 32.5 Å². The number of ether oxygens (including phenoxy) is 5. The van der Waals surface area contributed by atoms with Crippen LogP contribution in [0, 0.1) is 0 Å². The quantitative estimate of drug-likeness (QED) is 0.128. The predicted octanol–water partition coefficient (Wildman–Crippen LogP) is 0.908. The van der Waals surface area contributed by atoms with Gasteiger partial charge in [-0.05, 0) is 46.8 Å². The van der Waals surface area contributed by atoms with Gasteiger partial charge in [0.1, 0.15) is 41.8 Å². The molecule has 7 atom stereocenters. The van der Waals surface area contributed by atoms with Gasteiger partial charge in [0, 0.05) is 12.1 Å². The Balaban J connectivity index is 1.41. The Morgan fingerprint density at radius 3 is 2.30 bits per heavy atom. The number of benzene rings is 1. The average molecular weight is 653 g/mol. The highest BCUT2D eigenvalue weighted by Gasteiger charge is 2.48. The van der Waals surface area contributed by atoms with Crippen LogP contribution in [0.1, 0.15) is 47.5 Å². The van der Waals surface area contributed by atoms with Gasteiger partial charge in [-0.3, -0.25) is 9.59 Å². The van der Waals surface area contributed by atoms with Gasteiger partial charge in [0.15, 0.2) is 18.5 Å². The first kappa shape index (κ1) is 35.3. The first-order valence-electron chi connectivity index (χ1n) is 14.7. The van der Waals surface area contributed by atoms with Crippen molar-refractivity contribution in [2.45, 2.75) is 102 Å². The largest absolute Gasteiger partial charge is 0.488 e. The van der Waals surface area contributed by atoms with Gasteiger partial charge in [-0.1, -0.05) is 0 Å². The minimum atomic E-state index is -2.01. The summed E-state index contributed by atoms with van der Waals surface area (Å²) in [5, 5.41) is 53.3. The fourth-order valence-corrected chi connectivity index (χ4v) is 4.96. The summed E-state index contributed by atoms with van der Waals surface area (Å²) in [6.45, 7) is 6.29. The molecule has 3 aromatic rings. The van der Waals surface area contributed by atoms with E-state index in [1.807, 2.05) is 0 Å². The standard InChI is InChI=1S/C31H40O15/c1-15(2)42-29-26(37)28(25(36)20(13-32)44-29)46-24(35)12-31(5,39)11-23(34)45-21(30(3,4)38)14-41-27-16-6-7-22(33)43-19(16)10-18-17(27)8-9-40-18/h6-10,15,20-21,25-26,28-29,32,36-39H,11-14H2,1-5H3. The zero-order valence-electron chi connectivity index (χ0n) is 26.1. The van der Waals surface area contributed by atoms with E-state index in [-0.39, 0.29) is 17.9 Å². The molecule has 0 radical (unpaired) electrons. The van der Waals surface area contributed by atoms with Crippen molar-refractivity contribution in [3.8, 4) is 5.75 Å². The Hall–Kier alpha value is -3.57. The molecule has 1 aromatic carbocycles. The van der Waals surface area contributed by atoms with Crippen LogP contribution in [0.25, 0.3) is 21.9 Å². The van der Waals surface area contributed by atoms with Gasteiger partial charge in [0.2, 0.25) is 0 Å². The van der Waals surface area contributed by atoms with Crippen LogP contribution in [0.2, 0.25) is 0 Å². The van der Waals surface area contributed by atoms with Gasteiger partial charge in [0.05, 0.1) is 53.8 Å². The molecule has 0 spiro atoms. The lowest BCUT2D eigenvalue weighted by Gasteiger charge is -2.42. The molecular weight excluding hydrogens is 612 g/mol. The number of hydrogen-bond donors (Lipinski definition) is 5. The van der Waals surface area contributed by atoms with Crippen LogP contribution in [-0.4, -0.2) is 105 Å². The number of esters is 2. The maximum absolute atomic E-state index is 12.9. The number of hydrogen-bond acceptors (Lipinski definition) is 15. The van der Waals surface area contributed by atoms with E-state index < -0.39 is 91.1 Å². The van der Waals surface area contributed by atoms with E-state index in [1.165, 1.54) is 45.2 Å². The molecule has 5 N–H and O–H groups in total. The lowest BCUT2D eigenvalue weighted by atomic mass is 9.96. The monoisotopic (exact) mass is 652 g/mol. The molecule has 1 saturated heterocycles. The minimum absolute atomic E-state index is 0.195. The Bertz CT molecular complexity index is 1570. The van der Waals surface area contributed by atoms with Crippen LogP contribution < -0.4 is 10.4 Å². The first-order chi connectivity index (χ1) is 21.5. The Kier molecular flexibility index (Phi) is 10.8. The van der Waals surface area contributed by atoms with E-state index >= 15 is 0 Å². The summed E-state index contributed by atoms with van der Waals surface area (Å²) in [6.07, 6.45) is -9.04. The molecule has 15 nitrogen and oxygen atoms in total. The second-order valence-corrected chi connectivity index (χ2v) is 12.3. The van der Waals surface area contributed by atoms with E-state index in [1.54, 1.807) is 19.9 Å². The Morgan fingerprint density at radius 1 is 0.978 bits per heavy atom. The fourth-order valence-electron chi connectivity index (χ4n) is 4.96. The summed E-state index contributed by atoms with van der Waals surface area (Å²) in [7, 11) is 0. The number of carbonyl (C=O) groups is 2. The highest BCUT2D eigenvalue weighted by atomic mass is 16.7. The van der Waals surface area contributed by atoms with Crippen molar-refractivity contribution in [2.75, 3.05) is 13.2 Å². The zero-order valence-corrected chi connectivity index (χ0v) is 26.1. The summed E-state index contributed by atoms with van der Waals surface area (Å²) in [4.78, 5) is 37.5. The van der Waals surface area contributed by atoms with Crippen LogP contribution in [0.4, 0.5) is 0 Å². The van der Waals surface area contributed by atoms with Gasteiger partial charge < -0.3 is 58.1 Å². The van der Waals surface area contributed by atoms with E-state index in [9.17, 15) is 39.9 Å². The molecule has 15 heteroatoms. The third-order valence-electron chi connectivity index (χ3n) is 7.30. The van der Waals surface area contributed by atoms with Crippen molar-refractivity contribution < 1.29 is 67.6 Å². The van der Waals surface area contributed by atoms with Gasteiger partial charge >= 0.3 is 17.6 Å². The lowest BCUT2D eigenvalue weighted by Crippen LogP contribution is -2.61. The minimum Gasteiger partial charge on any atom is -0.488 e. The highest BCUT2D eigenvalue weighted by molar-refractivity contribution is 6.01. The SMILES string of the molecule is CC(C)OC1OC(CO)C(O)C(OC(=O)CC(C)(O)CC(=O)OC(COc2c3ccoc3cc3oc(=O)ccc23)C(C)(C)O)C1O. The highest BCUT2D eigenvalue weighted by Crippen LogP contribution is 2.35. The van der Waals surface area contributed by atoms with E-state index in [2.05, 4.69) is 0 Å². The molecule has 0 saturated carbocycles. The van der Waals surface area contributed by atoms with E-state index in [0.29, 0.717) is 16.4 Å². The van der Waals surface area contributed by atoms with Crippen molar-refractivity contribution in [2.24, 2.45) is 0 Å². The Morgan fingerprint density at radius 2 is 1.65 bits per heavy atom. The number of furan rings is 1. The molecule has 0 bridgehead atoms. The second kappa shape index (κ2) is 14.0. The number of rotatable bonds is 13. The first-order valence-corrected chi connectivity index (χ1v) is 14.7. The van der Waals surface area contributed by atoms with Crippen molar-refractivity contribution in [3.63, 3.8) is 0 Å². The average Bonchev–Trinajstić information content (AvgIpc) is 3.40. The molecule has 4 rings (SSSR count). The van der Waals surface area contributed by atoms with Crippen molar-refractivity contribution in [3.05, 3.63) is 40.9 Å². The topological polar surface area (TPSA) is 225 Å². The molecule has 2 aromatic heterocycles. The van der Waals surface area contributed by atoms with Gasteiger partial charge in [-0.2, -0.15) is 0 Å². The summed E-state index contributed by atoms with van der Waals surface area (Å²) < 4.78 is 38.2. The fraction of sp³-hybridized carbons (Fsp3) is 0.581. The van der Waals surface area contributed by atoms with Crippen molar-refractivity contribution in [1.82, 2.24) is 0 Å². The molecule has 46 heavy (non-hydrogen) atoms. The number of aliphatic hydroxyl groups is 5. The molecule has 7 unspecified atom stereocenters. The van der Waals surface area contributed by atoms with Gasteiger partial charge in [-0.15, -0.1) is 0 Å². The molecule has 1 fully saturated rings. The summed E-state index contributed by atoms with van der Waals surface area (Å²) >= 11 is 0. The normalized spacial score (nSPS) is 24.1. The van der Waals surface area contributed by atoms with Crippen molar-refractivity contribution in [1.29, 1.82) is 0 Å². The predicted molar refractivity (Wildman–Crippen MR) is 158 cm³/mol. The summed E-state index contributed by atoms with van der Waals surface area (Å²) in [5.74, 6) is -1.80. The molecular formula is C31H40O15. The van der Waals surface area contributed by atoms with Crippen LogP contribution in [0.5, 0.6) is 5.75 Å². The molecule has 3 heterocycles. The maximum atomic E-state index is 12.9. The number of fused-ring (bicyclic) bond motifs is 2. The molecule has 0 aliphatic carbocycles. The van der Waals surface area contributed by atoms with Crippen molar-refractivity contribution >= 4 is 33.9 Å². The number of aliphatic hydroxyl groups excluding tert-OH is 3. The van der Waals surface area contributed by atoms with Gasteiger partial charge in [-0.25, -0.2) is 4.79 Å². The smallest absolute Gasteiger partial charge is 0.336 e. The molecule has 1 aliphatic heterocycles. The van der Waals surface area contributed by atoms with Crippen LogP contribution in [0.3, 0.4) is 0 Å². The third-order valence-corrected chi connectivity index (χ3v) is 7.30. The molecule has 254 valence electrons. The van der Waals surface area contributed by atoms with Crippen LogP contribution >= 0.6 is 0 Å². The Labute approximate surface area is 263 Å². The van der Waals surface area contributed by atoms with E-state index in [0.717, 1.165) is 0 Å². The van der Waals surface area contributed by atoms with Crippen LogP contribution in [-0.2, 0) is 28.5 Å². The number of carbonyl (C=O) groups excluding carboxylic acids is 2. The maximum Gasteiger partial charge on any atom is 0.336 e. The summed E-state index contributed by atoms with van der Waals surface area (Å²) in [6, 6.07) is 5.89.